The van der Waals surface area contributed by atoms with Crippen molar-refractivity contribution >= 4 is 17.2 Å². The van der Waals surface area contributed by atoms with E-state index in [1.807, 2.05) is 24.3 Å². The number of anilines is 1. The summed E-state index contributed by atoms with van der Waals surface area (Å²) in [6.45, 7) is -1.25. The first-order valence-corrected chi connectivity index (χ1v) is 14.2. The van der Waals surface area contributed by atoms with Crippen LogP contribution in [0.25, 0.3) is 16.9 Å². The predicted molar refractivity (Wildman–Crippen MR) is 158 cm³/mol. The molecule has 5 aromatic rings. The standard InChI is InChI=1S/C31H31F2N7O4/c1-38-18-26(36-30(42)25-16-35-40-14-4-12-34-29(25)40)28(37-38)24-15-23(10-11-27(24)44-31(32)33)43-22-8-6-20(7-9-22)17-39-13-3-2-5-21(39)19-41/h4,6-12,14-16,18,21,31,41H,2-3,5,13,17,19H2,1H3,(H,36,42). The molecule has 0 aliphatic carbocycles. The fourth-order valence-corrected chi connectivity index (χ4v) is 5.42. The van der Waals surface area contributed by atoms with Crippen molar-refractivity contribution in [1.29, 1.82) is 0 Å². The minimum Gasteiger partial charge on any atom is -0.457 e. The predicted octanol–water partition coefficient (Wildman–Crippen LogP) is 5.12. The number of carbonyl (C=O) groups is 1. The van der Waals surface area contributed by atoms with E-state index in [0.29, 0.717) is 17.1 Å². The van der Waals surface area contributed by atoms with Crippen LogP contribution in [0.5, 0.6) is 17.2 Å². The molecule has 2 aromatic carbocycles. The van der Waals surface area contributed by atoms with Gasteiger partial charge in [0.25, 0.3) is 5.91 Å². The number of likely N-dealkylation sites (tertiary alicyclic amines) is 1. The van der Waals surface area contributed by atoms with E-state index in [-0.39, 0.29) is 40.9 Å². The lowest BCUT2D eigenvalue weighted by Crippen LogP contribution is -2.41. The zero-order chi connectivity index (χ0) is 30.6. The summed E-state index contributed by atoms with van der Waals surface area (Å²) in [6.07, 6.45) is 9.42. The van der Waals surface area contributed by atoms with Crippen LogP contribution in [0.1, 0.15) is 35.2 Å². The normalized spacial score (nSPS) is 15.5. The summed E-state index contributed by atoms with van der Waals surface area (Å²) in [5, 5.41) is 21.1. The number of rotatable bonds is 10. The van der Waals surface area contributed by atoms with Crippen LogP contribution in [0.15, 0.2) is 73.3 Å². The summed E-state index contributed by atoms with van der Waals surface area (Å²) in [7, 11) is 1.65. The summed E-state index contributed by atoms with van der Waals surface area (Å²) < 4.78 is 40.6. The van der Waals surface area contributed by atoms with Gasteiger partial charge in [-0.2, -0.15) is 19.0 Å². The lowest BCUT2D eigenvalue weighted by Gasteiger charge is -2.34. The number of hydrogen-bond acceptors (Lipinski definition) is 8. The fourth-order valence-electron chi connectivity index (χ4n) is 5.42. The van der Waals surface area contributed by atoms with Crippen molar-refractivity contribution in [1.82, 2.24) is 29.3 Å². The van der Waals surface area contributed by atoms with E-state index in [0.717, 1.165) is 37.9 Å². The largest absolute Gasteiger partial charge is 0.457 e. The first kappa shape index (κ1) is 29.2. The number of carbonyl (C=O) groups excluding carboxylic acids is 1. The summed E-state index contributed by atoms with van der Waals surface area (Å²) in [4.78, 5) is 19.7. The highest BCUT2D eigenvalue weighted by Crippen LogP contribution is 2.39. The first-order valence-electron chi connectivity index (χ1n) is 14.2. The van der Waals surface area contributed by atoms with Crippen molar-refractivity contribution in [2.24, 2.45) is 7.05 Å². The van der Waals surface area contributed by atoms with Gasteiger partial charge in [-0.3, -0.25) is 14.4 Å². The maximum atomic E-state index is 13.4. The maximum Gasteiger partial charge on any atom is 0.387 e. The topological polar surface area (TPSA) is 119 Å². The van der Waals surface area contributed by atoms with E-state index in [9.17, 15) is 18.7 Å². The summed E-state index contributed by atoms with van der Waals surface area (Å²) in [5.74, 6) is 0.288. The molecular weight excluding hydrogens is 572 g/mol. The molecule has 1 aliphatic heterocycles. The highest BCUT2D eigenvalue weighted by atomic mass is 19.3. The van der Waals surface area contributed by atoms with Gasteiger partial charge >= 0.3 is 6.61 Å². The minimum absolute atomic E-state index is 0.130. The highest BCUT2D eigenvalue weighted by molar-refractivity contribution is 6.09. The Balaban J connectivity index is 1.25. The van der Waals surface area contributed by atoms with Gasteiger partial charge in [-0.15, -0.1) is 0 Å². The number of piperidine rings is 1. The molecule has 3 aromatic heterocycles. The third-order valence-electron chi connectivity index (χ3n) is 7.53. The van der Waals surface area contributed by atoms with Crippen molar-refractivity contribution in [2.75, 3.05) is 18.5 Å². The van der Waals surface area contributed by atoms with Crippen molar-refractivity contribution in [3.63, 3.8) is 0 Å². The Kier molecular flexibility index (Phi) is 8.48. The molecule has 1 fully saturated rings. The number of fused-ring (bicyclic) bond motifs is 1. The third kappa shape index (κ3) is 6.38. The van der Waals surface area contributed by atoms with E-state index in [2.05, 4.69) is 25.4 Å². The molecule has 6 rings (SSSR count). The summed E-state index contributed by atoms with van der Waals surface area (Å²) in [6, 6.07) is 13.9. The smallest absolute Gasteiger partial charge is 0.387 e. The van der Waals surface area contributed by atoms with Gasteiger partial charge in [0, 0.05) is 38.2 Å². The average Bonchev–Trinajstić information content (AvgIpc) is 3.62. The van der Waals surface area contributed by atoms with Crippen LogP contribution in [0, 0.1) is 0 Å². The van der Waals surface area contributed by atoms with Crippen LogP contribution < -0.4 is 14.8 Å². The van der Waals surface area contributed by atoms with Crippen LogP contribution in [0.3, 0.4) is 0 Å². The molecule has 1 atom stereocenters. The second-order valence-electron chi connectivity index (χ2n) is 10.6. The molecule has 1 aliphatic rings. The van der Waals surface area contributed by atoms with Gasteiger partial charge in [0.15, 0.2) is 5.65 Å². The molecule has 0 spiro atoms. The zero-order valence-electron chi connectivity index (χ0n) is 23.9. The lowest BCUT2D eigenvalue weighted by molar-refractivity contribution is -0.0494. The molecule has 1 saturated heterocycles. The number of halogens is 2. The van der Waals surface area contributed by atoms with Gasteiger partial charge in [-0.1, -0.05) is 18.6 Å². The monoisotopic (exact) mass is 603 g/mol. The van der Waals surface area contributed by atoms with Gasteiger partial charge < -0.3 is 19.9 Å². The Morgan fingerprint density at radius 2 is 1.98 bits per heavy atom. The number of aliphatic hydroxyl groups excluding tert-OH is 1. The van der Waals surface area contributed by atoms with Crippen molar-refractivity contribution in [3.05, 3.63) is 84.4 Å². The number of hydrogen-bond donors (Lipinski definition) is 2. The van der Waals surface area contributed by atoms with Crippen LogP contribution in [0.4, 0.5) is 14.5 Å². The molecule has 1 amide bonds. The van der Waals surface area contributed by atoms with E-state index in [1.165, 1.54) is 27.5 Å². The number of amides is 1. The van der Waals surface area contributed by atoms with Gasteiger partial charge in [0.2, 0.25) is 0 Å². The van der Waals surface area contributed by atoms with Gasteiger partial charge in [0.1, 0.15) is 28.5 Å². The average molecular weight is 604 g/mol. The van der Waals surface area contributed by atoms with Gasteiger partial charge in [-0.25, -0.2) is 9.50 Å². The second kappa shape index (κ2) is 12.8. The van der Waals surface area contributed by atoms with E-state index >= 15 is 0 Å². The Hall–Kier alpha value is -4.88. The lowest BCUT2D eigenvalue weighted by atomic mass is 10.0. The molecule has 1 unspecified atom stereocenters. The molecule has 11 nitrogen and oxygen atoms in total. The maximum absolute atomic E-state index is 13.4. The van der Waals surface area contributed by atoms with Gasteiger partial charge in [-0.05, 0) is 61.3 Å². The summed E-state index contributed by atoms with van der Waals surface area (Å²) >= 11 is 0. The Bertz CT molecular complexity index is 1760. The molecule has 13 heteroatoms. The van der Waals surface area contributed by atoms with Crippen molar-refractivity contribution in [2.45, 2.75) is 38.5 Å². The molecule has 0 bridgehead atoms. The summed E-state index contributed by atoms with van der Waals surface area (Å²) in [5.41, 5.74) is 2.37. The number of aliphatic hydroxyl groups is 1. The number of ether oxygens (including phenoxy) is 2. The van der Waals surface area contributed by atoms with E-state index in [1.54, 1.807) is 37.8 Å². The molecule has 2 N–H and O–H groups in total. The SMILES string of the molecule is Cn1cc(NC(=O)c2cnn3cccnc23)c(-c2cc(Oc3ccc(CN4CCCCC4CO)cc3)ccc2OC(F)F)n1. The fraction of sp³-hybridized carbons (Fsp3) is 0.290. The molecule has 228 valence electrons. The Labute approximate surface area is 251 Å². The molecule has 0 radical (unpaired) electrons. The highest BCUT2D eigenvalue weighted by Gasteiger charge is 2.23. The van der Waals surface area contributed by atoms with Crippen LogP contribution in [-0.2, 0) is 13.6 Å². The molecule has 4 heterocycles. The Morgan fingerprint density at radius 1 is 1.16 bits per heavy atom. The molecule has 0 saturated carbocycles. The number of nitrogens with one attached hydrogen (secondary N) is 1. The number of benzene rings is 2. The molecular formula is C31H31F2N7O4. The number of nitrogens with zero attached hydrogens (tertiary/aromatic N) is 6. The number of aromatic nitrogens is 5. The first-order chi connectivity index (χ1) is 21.4. The van der Waals surface area contributed by atoms with Crippen LogP contribution in [0.2, 0.25) is 0 Å². The van der Waals surface area contributed by atoms with Gasteiger partial charge in [0.05, 0.1) is 24.1 Å². The quantitative estimate of drug-likeness (QED) is 0.226. The van der Waals surface area contributed by atoms with Crippen molar-refractivity contribution in [3.8, 4) is 28.5 Å². The minimum atomic E-state index is -3.08. The van der Waals surface area contributed by atoms with Crippen molar-refractivity contribution < 1.29 is 28.2 Å². The third-order valence-corrected chi connectivity index (χ3v) is 7.53. The van der Waals surface area contributed by atoms with Crippen LogP contribution >= 0.6 is 0 Å². The van der Waals surface area contributed by atoms with Crippen LogP contribution in [-0.4, -0.2) is 66.1 Å². The van der Waals surface area contributed by atoms with E-state index in [4.69, 9.17) is 9.47 Å². The number of aryl methyl sites for hydroxylation is 1. The molecule has 44 heavy (non-hydrogen) atoms. The number of alkyl halides is 2. The second-order valence-corrected chi connectivity index (χ2v) is 10.6. The van der Waals surface area contributed by atoms with E-state index < -0.39 is 12.5 Å². The Morgan fingerprint density at radius 3 is 2.77 bits per heavy atom. The zero-order valence-corrected chi connectivity index (χ0v) is 23.9.